The van der Waals surface area contributed by atoms with Gasteiger partial charge in [-0.2, -0.15) is 0 Å². The van der Waals surface area contributed by atoms with Gasteiger partial charge in [-0.15, -0.1) is 11.3 Å². The van der Waals surface area contributed by atoms with Crippen LogP contribution in [-0.2, 0) is 6.54 Å². The number of amides is 2. The quantitative estimate of drug-likeness (QED) is 0.768. The highest BCUT2D eigenvalue weighted by atomic mass is 32.1. The Hall–Kier alpha value is -1.85. The van der Waals surface area contributed by atoms with E-state index in [4.69, 9.17) is 0 Å². The van der Waals surface area contributed by atoms with E-state index in [0.717, 1.165) is 21.7 Å². The molecule has 3 N–H and O–H groups in total. The summed E-state index contributed by atoms with van der Waals surface area (Å²) in [5.41, 5.74) is 0.875. The number of nitrogens with one attached hydrogen (secondary N) is 2. The number of hydrogen-bond donors (Lipinski definition) is 3. The van der Waals surface area contributed by atoms with Crippen molar-refractivity contribution in [2.24, 2.45) is 0 Å². The monoisotopic (exact) mass is 304 g/mol. The molecule has 1 atom stereocenters. The summed E-state index contributed by atoms with van der Waals surface area (Å²) >= 11 is 1.51. The normalized spacial score (nSPS) is 11.9. The zero-order valence-electron chi connectivity index (χ0n) is 12.0. The second kappa shape index (κ2) is 7.81. The lowest BCUT2D eigenvalue weighted by atomic mass is 10.1. The fraction of sp³-hybridized carbons (Fsp3) is 0.312. The zero-order valence-corrected chi connectivity index (χ0v) is 12.8. The molecule has 0 bridgehead atoms. The number of aliphatic hydroxyl groups is 1. The first-order chi connectivity index (χ1) is 10.2. The van der Waals surface area contributed by atoms with E-state index in [1.54, 1.807) is 0 Å². The van der Waals surface area contributed by atoms with Gasteiger partial charge in [-0.25, -0.2) is 4.79 Å². The SMILES string of the molecule is CCCNC(=O)NCc1ccc(C(O)c2ccccc2)s1. The maximum atomic E-state index is 11.5. The van der Waals surface area contributed by atoms with E-state index in [2.05, 4.69) is 10.6 Å². The molecule has 0 spiro atoms. The van der Waals surface area contributed by atoms with Crippen LogP contribution in [0.25, 0.3) is 0 Å². The van der Waals surface area contributed by atoms with Crippen LogP contribution in [-0.4, -0.2) is 17.7 Å². The maximum absolute atomic E-state index is 11.5. The van der Waals surface area contributed by atoms with Gasteiger partial charge in [0.05, 0.1) is 6.54 Å². The summed E-state index contributed by atoms with van der Waals surface area (Å²) in [4.78, 5) is 13.4. The van der Waals surface area contributed by atoms with E-state index in [1.165, 1.54) is 11.3 Å². The van der Waals surface area contributed by atoms with Crippen LogP contribution in [0.15, 0.2) is 42.5 Å². The summed E-state index contributed by atoms with van der Waals surface area (Å²) in [7, 11) is 0. The topological polar surface area (TPSA) is 61.4 Å². The number of hydrogen-bond acceptors (Lipinski definition) is 3. The second-order valence-electron chi connectivity index (χ2n) is 4.73. The van der Waals surface area contributed by atoms with E-state index in [9.17, 15) is 9.90 Å². The van der Waals surface area contributed by atoms with Gasteiger partial charge in [0.15, 0.2) is 0 Å². The van der Waals surface area contributed by atoms with Crippen LogP contribution in [0, 0.1) is 0 Å². The second-order valence-corrected chi connectivity index (χ2v) is 5.93. The van der Waals surface area contributed by atoms with Crippen LogP contribution in [0.5, 0.6) is 0 Å². The Morgan fingerprint density at radius 1 is 1.19 bits per heavy atom. The molecule has 2 rings (SSSR count). The molecule has 1 aromatic heterocycles. The lowest BCUT2D eigenvalue weighted by Crippen LogP contribution is -2.35. The minimum atomic E-state index is -0.612. The van der Waals surface area contributed by atoms with Crippen LogP contribution in [0.3, 0.4) is 0 Å². The van der Waals surface area contributed by atoms with Gasteiger partial charge in [-0.1, -0.05) is 37.3 Å². The summed E-state index contributed by atoms with van der Waals surface area (Å²) in [6, 6.07) is 13.2. The fourth-order valence-corrected chi connectivity index (χ4v) is 2.87. The third-order valence-electron chi connectivity index (χ3n) is 3.03. The van der Waals surface area contributed by atoms with Gasteiger partial charge in [-0.3, -0.25) is 0 Å². The van der Waals surface area contributed by atoms with Crippen LogP contribution < -0.4 is 10.6 Å². The standard InChI is InChI=1S/C16H20N2O2S/c1-2-10-17-16(20)18-11-13-8-9-14(21-13)15(19)12-6-4-3-5-7-12/h3-9,15,19H,2,10-11H2,1H3,(H2,17,18,20). The minimum absolute atomic E-state index is 0.157. The van der Waals surface area contributed by atoms with Crippen molar-refractivity contribution in [2.75, 3.05) is 6.54 Å². The molecular weight excluding hydrogens is 284 g/mol. The highest BCUT2D eigenvalue weighted by Crippen LogP contribution is 2.28. The number of thiophene rings is 1. The van der Waals surface area contributed by atoms with Crippen molar-refractivity contribution in [3.63, 3.8) is 0 Å². The van der Waals surface area contributed by atoms with Crippen molar-refractivity contribution in [1.29, 1.82) is 0 Å². The molecule has 1 unspecified atom stereocenters. The van der Waals surface area contributed by atoms with Crippen LogP contribution in [0.2, 0.25) is 0 Å². The van der Waals surface area contributed by atoms with E-state index < -0.39 is 6.10 Å². The lowest BCUT2D eigenvalue weighted by Gasteiger charge is -2.08. The Kier molecular flexibility index (Phi) is 5.78. The molecule has 0 aliphatic heterocycles. The van der Waals surface area contributed by atoms with Crippen molar-refractivity contribution < 1.29 is 9.90 Å². The highest BCUT2D eigenvalue weighted by Gasteiger charge is 2.12. The molecule has 1 aromatic carbocycles. The number of benzene rings is 1. The van der Waals surface area contributed by atoms with E-state index in [1.807, 2.05) is 49.4 Å². The average Bonchev–Trinajstić information content (AvgIpc) is 3.00. The molecule has 1 heterocycles. The van der Waals surface area contributed by atoms with Gasteiger partial charge in [0, 0.05) is 16.3 Å². The molecule has 0 aliphatic rings. The minimum Gasteiger partial charge on any atom is -0.383 e. The Morgan fingerprint density at radius 3 is 2.67 bits per heavy atom. The molecule has 2 aromatic rings. The molecule has 0 radical (unpaired) electrons. The lowest BCUT2D eigenvalue weighted by molar-refractivity contribution is 0.224. The molecule has 112 valence electrons. The molecule has 0 saturated heterocycles. The van der Waals surface area contributed by atoms with Crippen molar-refractivity contribution >= 4 is 17.4 Å². The predicted octanol–water partition coefficient (Wildman–Crippen LogP) is 3.04. The van der Waals surface area contributed by atoms with Gasteiger partial charge in [-0.05, 0) is 24.1 Å². The van der Waals surface area contributed by atoms with Gasteiger partial charge in [0.1, 0.15) is 6.10 Å². The molecule has 2 amide bonds. The summed E-state index contributed by atoms with van der Waals surface area (Å²) in [6.07, 6.45) is 0.304. The van der Waals surface area contributed by atoms with Crippen molar-refractivity contribution in [1.82, 2.24) is 10.6 Å². The molecule has 0 fully saturated rings. The van der Waals surface area contributed by atoms with Crippen LogP contribution in [0.4, 0.5) is 4.79 Å². The van der Waals surface area contributed by atoms with Crippen LogP contribution >= 0.6 is 11.3 Å². The summed E-state index contributed by atoms with van der Waals surface area (Å²) in [6.45, 7) is 3.16. The highest BCUT2D eigenvalue weighted by molar-refractivity contribution is 7.12. The Labute approximate surface area is 128 Å². The van der Waals surface area contributed by atoms with E-state index in [-0.39, 0.29) is 6.03 Å². The van der Waals surface area contributed by atoms with Crippen molar-refractivity contribution in [3.8, 4) is 0 Å². The summed E-state index contributed by atoms with van der Waals surface area (Å²) in [5, 5.41) is 15.9. The fourth-order valence-electron chi connectivity index (χ4n) is 1.90. The van der Waals surface area contributed by atoms with Gasteiger partial charge in [0.2, 0.25) is 0 Å². The molecule has 4 nitrogen and oxygen atoms in total. The number of rotatable bonds is 6. The van der Waals surface area contributed by atoms with Gasteiger partial charge >= 0.3 is 6.03 Å². The summed E-state index contributed by atoms with van der Waals surface area (Å²) in [5.74, 6) is 0. The third kappa shape index (κ3) is 4.58. The van der Waals surface area contributed by atoms with Crippen molar-refractivity contribution in [2.45, 2.75) is 26.0 Å². The number of aliphatic hydroxyl groups excluding tert-OH is 1. The molecule has 5 heteroatoms. The smallest absolute Gasteiger partial charge is 0.315 e. The van der Waals surface area contributed by atoms with E-state index >= 15 is 0 Å². The molecule has 21 heavy (non-hydrogen) atoms. The predicted molar refractivity (Wildman–Crippen MR) is 85.4 cm³/mol. The van der Waals surface area contributed by atoms with Gasteiger partial charge < -0.3 is 15.7 Å². The largest absolute Gasteiger partial charge is 0.383 e. The first-order valence-corrected chi connectivity index (χ1v) is 7.85. The molecule has 0 saturated carbocycles. The first kappa shape index (κ1) is 15.5. The van der Waals surface area contributed by atoms with Crippen LogP contribution in [0.1, 0.15) is 34.8 Å². The zero-order chi connectivity index (χ0) is 15.1. The number of carbonyl (C=O) groups is 1. The van der Waals surface area contributed by atoms with Crippen molar-refractivity contribution in [3.05, 3.63) is 57.8 Å². The number of carbonyl (C=O) groups excluding carboxylic acids is 1. The van der Waals surface area contributed by atoms with Gasteiger partial charge in [0.25, 0.3) is 0 Å². The average molecular weight is 304 g/mol. The Balaban J connectivity index is 1.91. The Morgan fingerprint density at radius 2 is 1.95 bits per heavy atom. The first-order valence-electron chi connectivity index (χ1n) is 7.04. The third-order valence-corrected chi connectivity index (χ3v) is 4.16. The Bertz CT molecular complexity index is 569. The maximum Gasteiger partial charge on any atom is 0.315 e. The molecular formula is C16H20N2O2S. The number of urea groups is 1. The summed E-state index contributed by atoms with van der Waals surface area (Å²) < 4.78 is 0. The molecule has 0 aliphatic carbocycles. The van der Waals surface area contributed by atoms with E-state index in [0.29, 0.717) is 13.1 Å².